The van der Waals surface area contributed by atoms with Crippen molar-refractivity contribution in [2.45, 2.75) is 39.4 Å². The van der Waals surface area contributed by atoms with E-state index in [2.05, 4.69) is 6.58 Å². The molecule has 0 radical (unpaired) electrons. The number of aryl methyl sites for hydroxylation is 1. The van der Waals surface area contributed by atoms with Crippen molar-refractivity contribution in [1.29, 1.82) is 0 Å². The van der Waals surface area contributed by atoms with Gasteiger partial charge in [-0.3, -0.25) is 0 Å². The Balaban J connectivity index is 3.47. The molecule has 88 valence electrons. The summed E-state index contributed by atoms with van der Waals surface area (Å²) in [6, 6.07) is 5.52. The van der Waals surface area contributed by atoms with Gasteiger partial charge in [0.2, 0.25) is 0 Å². The van der Waals surface area contributed by atoms with E-state index in [0.717, 1.165) is 11.1 Å². The van der Waals surface area contributed by atoms with Gasteiger partial charge in [-0.05, 0) is 44.4 Å². The minimum absolute atomic E-state index is 0.177. The van der Waals surface area contributed by atoms with Gasteiger partial charge < -0.3 is 5.73 Å². The number of allylic oxidation sites excluding steroid dienone is 1. The third kappa shape index (κ3) is 2.17. The molecule has 0 aliphatic carbocycles. The minimum Gasteiger partial charge on any atom is -0.324 e. The van der Waals surface area contributed by atoms with E-state index < -0.39 is 5.67 Å². The van der Waals surface area contributed by atoms with Gasteiger partial charge in [-0.15, -0.1) is 0 Å². The lowest BCUT2D eigenvalue weighted by atomic mass is 9.83. The van der Waals surface area contributed by atoms with Crippen LogP contribution in [0.1, 0.15) is 43.5 Å². The fourth-order valence-electron chi connectivity index (χ4n) is 1.92. The topological polar surface area (TPSA) is 26.0 Å². The summed E-state index contributed by atoms with van der Waals surface area (Å²) in [5.74, 6) is 0. The number of rotatable bonds is 3. The van der Waals surface area contributed by atoms with Crippen molar-refractivity contribution in [2.24, 2.45) is 5.73 Å². The third-order valence-corrected chi connectivity index (χ3v) is 3.07. The van der Waals surface area contributed by atoms with Crippen LogP contribution in [-0.4, -0.2) is 0 Å². The standard InChI is InChI=1S/C14H20FN/c1-9(2)14(5,15)13-10(3)7-6-8-12(13)11(4)16/h6-8,11H,1,16H2,2-5H3. The molecular formula is C14H20FN. The zero-order chi connectivity index (χ0) is 12.5. The predicted octanol–water partition coefficient (Wildman–Crippen LogP) is 3.78. The monoisotopic (exact) mass is 221 g/mol. The molecule has 0 aliphatic rings. The van der Waals surface area contributed by atoms with Crippen molar-refractivity contribution < 1.29 is 4.39 Å². The van der Waals surface area contributed by atoms with E-state index in [-0.39, 0.29) is 6.04 Å². The van der Waals surface area contributed by atoms with E-state index in [1.165, 1.54) is 0 Å². The van der Waals surface area contributed by atoms with Gasteiger partial charge in [0.05, 0.1) is 0 Å². The Morgan fingerprint density at radius 3 is 2.50 bits per heavy atom. The first-order chi connectivity index (χ1) is 7.28. The SMILES string of the molecule is C=C(C)C(C)(F)c1c(C)cccc1C(C)N. The molecule has 1 nitrogen and oxygen atoms in total. The van der Waals surface area contributed by atoms with Crippen molar-refractivity contribution in [3.8, 4) is 0 Å². The zero-order valence-electron chi connectivity index (χ0n) is 10.5. The molecule has 1 aromatic carbocycles. The first-order valence-corrected chi connectivity index (χ1v) is 5.49. The minimum atomic E-state index is -1.52. The van der Waals surface area contributed by atoms with Crippen LogP contribution in [0.25, 0.3) is 0 Å². The second-order valence-corrected chi connectivity index (χ2v) is 4.61. The van der Waals surface area contributed by atoms with Crippen molar-refractivity contribution in [2.75, 3.05) is 0 Å². The van der Waals surface area contributed by atoms with E-state index in [0.29, 0.717) is 11.1 Å². The van der Waals surface area contributed by atoms with Crippen LogP contribution >= 0.6 is 0 Å². The smallest absolute Gasteiger partial charge is 0.154 e. The molecule has 1 aromatic rings. The molecule has 0 saturated carbocycles. The molecule has 0 amide bonds. The number of benzene rings is 1. The zero-order valence-corrected chi connectivity index (χ0v) is 10.5. The summed E-state index contributed by atoms with van der Waals surface area (Å²) in [4.78, 5) is 0. The molecule has 2 atom stereocenters. The molecular weight excluding hydrogens is 201 g/mol. The maximum Gasteiger partial charge on any atom is 0.154 e. The van der Waals surface area contributed by atoms with Gasteiger partial charge in [0.1, 0.15) is 0 Å². The summed E-state index contributed by atoms with van der Waals surface area (Å²) >= 11 is 0. The Kier molecular flexibility index (Phi) is 3.54. The highest BCUT2D eigenvalue weighted by Gasteiger charge is 2.31. The molecule has 0 fully saturated rings. The molecule has 2 heteroatoms. The van der Waals surface area contributed by atoms with Crippen LogP contribution < -0.4 is 5.73 Å². The van der Waals surface area contributed by atoms with Gasteiger partial charge in [0.25, 0.3) is 0 Å². The van der Waals surface area contributed by atoms with E-state index in [1.54, 1.807) is 13.8 Å². The van der Waals surface area contributed by atoms with Crippen LogP contribution in [-0.2, 0) is 5.67 Å². The van der Waals surface area contributed by atoms with Crippen LogP contribution in [0.4, 0.5) is 4.39 Å². The fraction of sp³-hybridized carbons (Fsp3) is 0.429. The summed E-state index contributed by atoms with van der Waals surface area (Å²) in [6.45, 7) is 10.8. The summed E-state index contributed by atoms with van der Waals surface area (Å²) in [6.07, 6.45) is 0. The average Bonchev–Trinajstić information content (AvgIpc) is 2.16. The van der Waals surface area contributed by atoms with E-state index in [9.17, 15) is 4.39 Å². The molecule has 0 aliphatic heterocycles. The van der Waals surface area contributed by atoms with Crippen LogP contribution in [0.2, 0.25) is 0 Å². The van der Waals surface area contributed by atoms with Crippen molar-refractivity contribution in [3.05, 3.63) is 47.0 Å². The number of halogens is 1. The molecule has 0 aromatic heterocycles. The van der Waals surface area contributed by atoms with E-state index in [4.69, 9.17) is 5.73 Å². The summed E-state index contributed by atoms with van der Waals surface area (Å²) in [5, 5.41) is 0. The van der Waals surface area contributed by atoms with E-state index >= 15 is 0 Å². The number of hydrogen-bond acceptors (Lipinski definition) is 1. The lowest BCUT2D eigenvalue weighted by Crippen LogP contribution is -2.22. The average molecular weight is 221 g/mol. The first kappa shape index (κ1) is 12.9. The van der Waals surface area contributed by atoms with Crippen molar-refractivity contribution >= 4 is 0 Å². The van der Waals surface area contributed by atoms with E-state index in [1.807, 2.05) is 32.0 Å². The Labute approximate surface area is 97.2 Å². The Morgan fingerprint density at radius 2 is 2.06 bits per heavy atom. The summed E-state index contributed by atoms with van der Waals surface area (Å²) in [7, 11) is 0. The molecule has 1 rings (SSSR count). The van der Waals surface area contributed by atoms with Gasteiger partial charge in [-0.25, -0.2) is 4.39 Å². The van der Waals surface area contributed by atoms with Crippen LogP contribution in [0.15, 0.2) is 30.4 Å². The van der Waals surface area contributed by atoms with Gasteiger partial charge in [-0.1, -0.05) is 24.8 Å². The molecule has 0 heterocycles. The molecule has 0 bridgehead atoms. The largest absolute Gasteiger partial charge is 0.324 e. The lowest BCUT2D eigenvalue weighted by molar-refractivity contribution is 0.241. The second-order valence-electron chi connectivity index (χ2n) is 4.61. The number of alkyl halides is 1. The highest BCUT2D eigenvalue weighted by Crippen LogP contribution is 2.38. The van der Waals surface area contributed by atoms with Crippen molar-refractivity contribution in [1.82, 2.24) is 0 Å². The second kappa shape index (κ2) is 4.38. The van der Waals surface area contributed by atoms with Gasteiger partial charge in [0, 0.05) is 11.6 Å². The molecule has 16 heavy (non-hydrogen) atoms. The van der Waals surface area contributed by atoms with Crippen molar-refractivity contribution in [3.63, 3.8) is 0 Å². The molecule has 2 unspecified atom stereocenters. The summed E-state index contributed by atoms with van der Waals surface area (Å²) in [5.41, 5.74) is 7.31. The number of nitrogens with two attached hydrogens (primary N) is 1. The van der Waals surface area contributed by atoms with Crippen LogP contribution in [0.5, 0.6) is 0 Å². The molecule has 2 N–H and O–H groups in total. The fourth-order valence-corrected chi connectivity index (χ4v) is 1.92. The Bertz CT molecular complexity index is 405. The first-order valence-electron chi connectivity index (χ1n) is 5.49. The Hall–Kier alpha value is -1.15. The summed E-state index contributed by atoms with van der Waals surface area (Å²) < 4.78 is 14.7. The van der Waals surface area contributed by atoms with Crippen LogP contribution in [0, 0.1) is 6.92 Å². The predicted molar refractivity (Wildman–Crippen MR) is 67.1 cm³/mol. The van der Waals surface area contributed by atoms with Gasteiger partial charge in [0.15, 0.2) is 5.67 Å². The molecule has 0 saturated heterocycles. The normalized spacial score (nSPS) is 16.6. The van der Waals surface area contributed by atoms with Crippen LogP contribution in [0.3, 0.4) is 0 Å². The quantitative estimate of drug-likeness (QED) is 0.772. The third-order valence-electron chi connectivity index (χ3n) is 3.07. The van der Waals surface area contributed by atoms with Gasteiger partial charge in [-0.2, -0.15) is 0 Å². The number of hydrogen-bond donors (Lipinski definition) is 1. The molecule has 0 spiro atoms. The highest BCUT2D eigenvalue weighted by atomic mass is 19.1. The Morgan fingerprint density at radius 1 is 1.50 bits per heavy atom. The maximum absolute atomic E-state index is 14.7. The highest BCUT2D eigenvalue weighted by molar-refractivity contribution is 5.44. The maximum atomic E-state index is 14.7. The lowest BCUT2D eigenvalue weighted by Gasteiger charge is -2.27. The van der Waals surface area contributed by atoms with Gasteiger partial charge >= 0.3 is 0 Å².